The Labute approximate surface area is 114 Å². The molecule has 0 radical (unpaired) electrons. The van der Waals surface area contributed by atoms with Crippen molar-refractivity contribution in [2.75, 3.05) is 6.54 Å². The molecule has 1 aliphatic rings. The summed E-state index contributed by atoms with van der Waals surface area (Å²) in [5.41, 5.74) is 1.51. The number of rotatable bonds is 4. The quantitative estimate of drug-likeness (QED) is 0.898. The van der Waals surface area contributed by atoms with Gasteiger partial charge >= 0.3 is 0 Å². The molecule has 1 aliphatic heterocycles. The molecule has 1 heterocycles. The van der Waals surface area contributed by atoms with Crippen LogP contribution in [0.25, 0.3) is 0 Å². The molecule has 0 saturated heterocycles. The second kappa shape index (κ2) is 5.79. The molecular weight excluding hydrogens is 240 g/mol. The average molecular weight is 262 g/mol. The topological polar surface area (TPSA) is 24.4 Å². The Bertz CT molecular complexity index is 412. The zero-order valence-electron chi connectivity index (χ0n) is 11.4. The van der Waals surface area contributed by atoms with Crippen molar-refractivity contribution in [2.45, 2.75) is 44.4 Å². The van der Waals surface area contributed by atoms with Crippen LogP contribution in [0.1, 0.15) is 32.8 Å². The third kappa shape index (κ3) is 4.05. The van der Waals surface area contributed by atoms with E-state index in [9.17, 15) is 0 Å². The van der Waals surface area contributed by atoms with Gasteiger partial charge in [0, 0.05) is 10.8 Å². The number of nitrogens with zero attached hydrogens (tertiary/aromatic N) is 1. The first-order chi connectivity index (χ1) is 8.55. The van der Waals surface area contributed by atoms with Crippen LogP contribution in [-0.2, 0) is 6.42 Å². The summed E-state index contributed by atoms with van der Waals surface area (Å²) in [6.07, 6.45) is 2.22. The lowest BCUT2D eigenvalue weighted by Crippen LogP contribution is -2.42. The van der Waals surface area contributed by atoms with Gasteiger partial charge < -0.3 is 5.32 Å². The van der Waals surface area contributed by atoms with E-state index < -0.39 is 0 Å². The smallest absolute Gasteiger partial charge is 0.157 e. The largest absolute Gasteiger partial charge is 0.360 e. The van der Waals surface area contributed by atoms with Gasteiger partial charge in [0.1, 0.15) is 0 Å². The minimum absolute atomic E-state index is 0.103. The molecule has 1 unspecified atom stereocenters. The summed E-state index contributed by atoms with van der Waals surface area (Å²) in [5, 5.41) is 5.30. The lowest BCUT2D eigenvalue weighted by Gasteiger charge is -2.27. The van der Waals surface area contributed by atoms with Crippen molar-refractivity contribution in [3.63, 3.8) is 0 Å². The second-order valence-electron chi connectivity index (χ2n) is 5.57. The maximum atomic E-state index is 4.53. The summed E-state index contributed by atoms with van der Waals surface area (Å²) in [6.45, 7) is 7.67. The number of hydrogen-bond acceptors (Lipinski definition) is 3. The normalized spacial score (nSPS) is 19.7. The van der Waals surface area contributed by atoms with E-state index in [2.05, 4.69) is 61.4 Å². The standard InChI is InChI=1S/C15H22N2S/c1-12-11-16-14(18-12)17-15(2,3)10-9-13-7-5-4-6-8-13/h4-8,12H,9-11H2,1-3H3,(H,16,17). The van der Waals surface area contributed by atoms with E-state index in [1.807, 2.05) is 11.8 Å². The molecule has 1 N–H and O–H groups in total. The molecule has 0 spiro atoms. The number of thioether (sulfide) groups is 1. The van der Waals surface area contributed by atoms with Gasteiger partial charge in [-0.2, -0.15) is 0 Å². The van der Waals surface area contributed by atoms with E-state index in [1.54, 1.807) is 0 Å². The SMILES string of the molecule is CC1CN=C(NC(C)(C)CCc2ccccc2)S1. The molecule has 0 aromatic heterocycles. The first-order valence-corrected chi connectivity index (χ1v) is 7.46. The summed E-state index contributed by atoms with van der Waals surface area (Å²) in [6, 6.07) is 10.7. The fourth-order valence-corrected chi connectivity index (χ4v) is 3.01. The summed E-state index contributed by atoms with van der Waals surface area (Å²) >= 11 is 1.85. The molecule has 0 fully saturated rings. The van der Waals surface area contributed by atoms with Crippen molar-refractivity contribution in [3.8, 4) is 0 Å². The zero-order chi connectivity index (χ0) is 13.0. The van der Waals surface area contributed by atoms with E-state index in [0.717, 1.165) is 24.6 Å². The zero-order valence-corrected chi connectivity index (χ0v) is 12.3. The summed E-state index contributed by atoms with van der Waals surface area (Å²) in [5.74, 6) is 0. The van der Waals surface area contributed by atoms with Gasteiger partial charge in [-0.15, -0.1) is 0 Å². The average Bonchev–Trinajstić information content (AvgIpc) is 2.73. The van der Waals surface area contributed by atoms with Gasteiger partial charge in [0.25, 0.3) is 0 Å². The van der Waals surface area contributed by atoms with Gasteiger partial charge in [-0.05, 0) is 32.3 Å². The lowest BCUT2D eigenvalue weighted by molar-refractivity contribution is 0.428. The van der Waals surface area contributed by atoms with Crippen LogP contribution >= 0.6 is 11.8 Å². The molecule has 2 rings (SSSR count). The Kier molecular flexibility index (Phi) is 4.33. The first-order valence-electron chi connectivity index (χ1n) is 6.58. The van der Waals surface area contributed by atoms with Crippen molar-refractivity contribution < 1.29 is 0 Å². The Morgan fingerprint density at radius 3 is 2.67 bits per heavy atom. The van der Waals surface area contributed by atoms with Crippen molar-refractivity contribution in [2.24, 2.45) is 4.99 Å². The van der Waals surface area contributed by atoms with Gasteiger partial charge in [0.05, 0.1) is 6.54 Å². The summed E-state index contributed by atoms with van der Waals surface area (Å²) in [4.78, 5) is 4.53. The van der Waals surface area contributed by atoms with Crippen LogP contribution in [0.3, 0.4) is 0 Å². The highest BCUT2D eigenvalue weighted by atomic mass is 32.2. The van der Waals surface area contributed by atoms with Crippen molar-refractivity contribution in [3.05, 3.63) is 35.9 Å². The molecule has 0 amide bonds. The minimum Gasteiger partial charge on any atom is -0.360 e. The van der Waals surface area contributed by atoms with Gasteiger partial charge in [-0.25, -0.2) is 0 Å². The van der Waals surface area contributed by atoms with Crippen molar-refractivity contribution in [1.82, 2.24) is 5.32 Å². The van der Waals surface area contributed by atoms with Crippen molar-refractivity contribution in [1.29, 1.82) is 0 Å². The predicted molar refractivity (Wildman–Crippen MR) is 81.3 cm³/mol. The Morgan fingerprint density at radius 1 is 1.33 bits per heavy atom. The van der Waals surface area contributed by atoms with Crippen LogP contribution < -0.4 is 5.32 Å². The first kappa shape index (κ1) is 13.5. The predicted octanol–water partition coefficient (Wildman–Crippen LogP) is 3.48. The fraction of sp³-hybridized carbons (Fsp3) is 0.533. The number of hydrogen-bond donors (Lipinski definition) is 1. The Hall–Kier alpha value is -0.960. The van der Waals surface area contributed by atoms with Gasteiger partial charge in [-0.3, -0.25) is 4.99 Å². The number of aliphatic imine (C=N–C) groups is 1. The molecule has 0 aliphatic carbocycles. The number of benzene rings is 1. The van der Waals surface area contributed by atoms with Crippen molar-refractivity contribution >= 4 is 16.9 Å². The van der Waals surface area contributed by atoms with Crippen LogP contribution in [0, 0.1) is 0 Å². The highest BCUT2D eigenvalue weighted by Gasteiger charge is 2.23. The number of aryl methyl sites for hydroxylation is 1. The lowest BCUT2D eigenvalue weighted by atomic mass is 9.95. The number of nitrogens with one attached hydrogen (secondary N) is 1. The highest BCUT2D eigenvalue weighted by Crippen LogP contribution is 2.22. The van der Waals surface area contributed by atoms with E-state index in [4.69, 9.17) is 0 Å². The fourth-order valence-electron chi connectivity index (χ4n) is 2.00. The molecular formula is C15H22N2S. The van der Waals surface area contributed by atoms with E-state index in [0.29, 0.717) is 5.25 Å². The molecule has 18 heavy (non-hydrogen) atoms. The van der Waals surface area contributed by atoms with E-state index in [-0.39, 0.29) is 5.54 Å². The second-order valence-corrected chi connectivity index (χ2v) is 7.00. The molecule has 1 aromatic rings. The third-order valence-electron chi connectivity index (χ3n) is 3.13. The van der Waals surface area contributed by atoms with E-state index in [1.165, 1.54) is 5.56 Å². The number of amidine groups is 1. The molecule has 1 aromatic carbocycles. The molecule has 0 saturated carbocycles. The Morgan fingerprint density at radius 2 is 2.06 bits per heavy atom. The maximum Gasteiger partial charge on any atom is 0.157 e. The molecule has 1 atom stereocenters. The van der Waals surface area contributed by atoms with Crippen LogP contribution in [0.5, 0.6) is 0 Å². The Balaban J connectivity index is 1.84. The van der Waals surface area contributed by atoms with Crippen LogP contribution in [0.2, 0.25) is 0 Å². The van der Waals surface area contributed by atoms with E-state index >= 15 is 0 Å². The van der Waals surface area contributed by atoms with Gasteiger partial charge in [0.15, 0.2) is 5.17 Å². The summed E-state index contributed by atoms with van der Waals surface area (Å²) < 4.78 is 0. The monoisotopic (exact) mass is 262 g/mol. The van der Waals surface area contributed by atoms with Crippen LogP contribution in [-0.4, -0.2) is 22.5 Å². The molecule has 0 bridgehead atoms. The minimum atomic E-state index is 0.103. The molecule has 98 valence electrons. The molecule has 2 nitrogen and oxygen atoms in total. The summed E-state index contributed by atoms with van der Waals surface area (Å²) in [7, 11) is 0. The van der Waals surface area contributed by atoms with Gasteiger partial charge in [0.2, 0.25) is 0 Å². The maximum absolute atomic E-state index is 4.53. The highest BCUT2D eigenvalue weighted by molar-refractivity contribution is 8.14. The molecule has 3 heteroatoms. The van der Waals surface area contributed by atoms with Crippen LogP contribution in [0.15, 0.2) is 35.3 Å². The van der Waals surface area contributed by atoms with Gasteiger partial charge in [-0.1, -0.05) is 49.0 Å². The van der Waals surface area contributed by atoms with Crippen LogP contribution in [0.4, 0.5) is 0 Å². The third-order valence-corrected chi connectivity index (χ3v) is 4.14.